The third-order valence-electron chi connectivity index (χ3n) is 1.81. The van der Waals surface area contributed by atoms with Gasteiger partial charge in [-0.25, -0.2) is 0 Å². The van der Waals surface area contributed by atoms with Crippen LogP contribution in [0.2, 0.25) is 0 Å². The molecule has 1 aromatic rings. The largest absolute Gasteiger partial charge is 0.496 e. The molecule has 0 bridgehead atoms. The highest BCUT2D eigenvalue weighted by Crippen LogP contribution is 2.18. The van der Waals surface area contributed by atoms with Crippen LogP contribution >= 0.6 is 0 Å². The van der Waals surface area contributed by atoms with Crippen molar-refractivity contribution in [3.05, 3.63) is 29.8 Å². The van der Waals surface area contributed by atoms with E-state index in [1.165, 1.54) is 7.11 Å². The minimum absolute atomic E-state index is 0.128. The molecule has 0 heterocycles. The van der Waals surface area contributed by atoms with Crippen LogP contribution in [0.15, 0.2) is 24.3 Å². The van der Waals surface area contributed by atoms with Gasteiger partial charge in [-0.1, -0.05) is 18.2 Å². The first kappa shape index (κ1) is 11.0. The van der Waals surface area contributed by atoms with Crippen LogP contribution in [-0.4, -0.2) is 21.3 Å². The van der Waals surface area contributed by atoms with Crippen LogP contribution in [0.3, 0.4) is 0 Å². The molecule has 0 saturated heterocycles. The maximum Gasteiger partial charge on any atom is 0.302 e. The summed E-state index contributed by atoms with van der Waals surface area (Å²) in [7, 11) is -2.91. The first-order valence-electron chi connectivity index (χ1n) is 4.07. The highest BCUT2D eigenvalue weighted by Gasteiger charge is 2.09. The molecule has 0 N–H and O–H groups in total. The normalized spacial score (nSPS) is 11.3. The highest BCUT2D eigenvalue weighted by molar-refractivity contribution is 7.86. The fourth-order valence-corrected chi connectivity index (χ4v) is 1.61. The summed E-state index contributed by atoms with van der Waals surface area (Å²) >= 11 is 0. The van der Waals surface area contributed by atoms with Crippen LogP contribution in [-0.2, 0) is 16.6 Å². The molecular formula is C9H11FO3S. The van der Waals surface area contributed by atoms with Crippen LogP contribution in [0.5, 0.6) is 5.75 Å². The van der Waals surface area contributed by atoms with Crippen molar-refractivity contribution in [3.8, 4) is 5.75 Å². The lowest BCUT2D eigenvalue weighted by atomic mass is 10.1. The van der Waals surface area contributed by atoms with Gasteiger partial charge in [0.2, 0.25) is 0 Å². The fourth-order valence-electron chi connectivity index (χ4n) is 1.14. The summed E-state index contributed by atoms with van der Waals surface area (Å²) in [5, 5.41) is 0. The first-order chi connectivity index (χ1) is 6.53. The predicted octanol–water partition coefficient (Wildman–Crippen LogP) is 1.54. The van der Waals surface area contributed by atoms with Crippen molar-refractivity contribution >= 4 is 10.2 Å². The zero-order valence-corrected chi connectivity index (χ0v) is 8.55. The molecule has 1 aromatic carbocycles. The van der Waals surface area contributed by atoms with Crippen molar-refractivity contribution in [3.63, 3.8) is 0 Å². The second-order valence-corrected chi connectivity index (χ2v) is 4.29. The van der Waals surface area contributed by atoms with Gasteiger partial charge < -0.3 is 4.74 Å². The van der Waals surface area contributed by atoms with Gasteiger partial charge in [-0.15, -0.1) is 3.89 Å². The van der Waals surface area contributed by atoms with E-state index in [2.05, 4.69) is 0 Å². The van der Waals surface area contributed by atoms with E-state index in [9.17, 15) is 12.3 Å². The number of benzene rings is 1. The molecule has 0 aliphatic rings. The van der Waals surface area contributed by atoms with Crippen molar-refractivity contribution in [1.29, 1.82) is 0 Å². The summed E-state index contributed by atoms with van der Waals surface area (Å²) in [6.07, 6.45) is 0.128. The monoisotopic (exact) mass is 218 g/mol. The molecule has 5 heteroatoms. The van der Waals surface area contributed by atoms with Gasteiger partial charge in [-0.05, 0) is 18.1 Å². The molecule has 78 valence electrons. The molecule has 0 aromatic heterocycles. The summed E-state index contributed by atoms with van der Waals surface area (Å²) < 4.78 is 37.8. The Kier molecular flexibility index (Phi) is 3.46. The van der Waals surface area contributed by atoms with Gasteiger partial charge in [0.15, 0.2) is 0 Å². The third-order valence-corrected chi connectivity index (χ3v) is 2.50. The van der Waals surface area contributed by atoms with Gasteiger partial charge in [-0.2, -0.15) is 8.42 Å². The van der Waals surface area contributed by atoms with E-state index in [-0.39, 0.29) is 6.42 Å². The Morgan fingerprint density at radius 1 is 1.36 bits per heavy atom. The second kappa shape index (κ2) is 4.41. The summed E-state index contributed by atoms with van der Waals surface area (Å²) in [6.45, 7) is 0. The average molecular weight is 218 g/mol. The van der Waals surface area contributed by atoms with E-state index in [4.69, 9.17) is 4.74 Å². The van der Waals surface area contributed by atoms with Crippen LogP contribution in [0, 0.1) is 0 Å². The standard InChI is InChI=1S/C9H11FO3S/c1-13-9-5-3-2-4-8(9)6-7-14(10,11)12/h2-5H,6-7H2,1H3. The number of hydrogen-bond donors (Lipinski definition) is 0. The second-order valence-electron chi connectivity index (χ2n) is 2.80. The van der Waals surface area contributed by atoms with Gasteiger partial charge in [-0.3, -0.25) is 0 Å². The van der Waals surface area contributed by atoms with Crippen molar-refractivity contribution < 1.29 is 17.0 Å². The van der Waals surface area contributed by atoms with Crippen molar-refractivity contribution in [1.82, 2.24) is 0 Å². The quantitative estimate of drug-likeness (QED) is 0.720. The Balaban J connectivity index is 2.76. The number of aryl methyl sites for hydroxylation is 1. The van der Waals surface area contributed by atoms with Crippen LogP contribution in [0.1, 0.15) is 5.56 Å². The number of methoxy groups -OCH3 is 1. The molecule has 0 radical (unpaired) electrons. The number of halogens is 1. The summed E-state index contributed by atoms with van der Waals surface area (Å²) in [6, 6.07) is 6.94. The van der Waals surface area contributed by atoms with E-state index in [1.54, 1.807) is 24.3 Å². The van der Waals surface area contributed by atoms with E-state index in [0.29, 0.717) is 11.3 Å². The molecule has 14 heavy (non-hydrogen) atoms. The lowest BCUT2D eigenvalue weighted by Gasteiger charge is -2.05. The van der Waals surface area contributed by atoms with Crippen molar-refractivity contribution in [2.24, 2.45) is 0 Å². The Labute approximate surface area is 82.7 Å². The Morgan fingerprint density at radius 2 is 2.00 bits per heavy atom. The Bertz CT molecular complexity index is 400. The highest BCUT2D eigenvalue weighted by atomic mass is 32.3. The number of ether oxygens (including phenoxy) is 1. The van der Waals surface area contributed by atoms with Crippen LogP contribution in [0.4, 0.5) is 3.89 Å². The van der Waals surface area contributed by atoms with Gasteiger partial charge in [0, 0.05) is 0 Å². The Morgan fingerprint density at radius 3 is 2.57 bits per heavy atom. The van der Waals surface area contributed by atoms with Gasteiger partial charge >= 0.3 is 10.2 Å². The zero-order chi connectivity index (χ0) is 10.6. The minimum atomic E-state index is -4.40. The third kappa shape index (κ3) is 3.33. The molecule has 0 saturated carbocycles. The summed E-state index contributed by atoms with van der Waals surface area (Å²) in [4.78, 5) is 0. The summed E-state index contributed by atoms with van der Waals surface area (Å²) in [5.41, 5.74) is 0.691. The molecule has 0 amide bonds. The number of para-hydroxylation sites is 1. The average Bonchev–Trinajstić information content (AvgIpc) is 2.14. The fraction of sp³-hybridized carbons (Fsp3) is 0.333. The maximum absolute atomic E-state index is 12.2. The van der Waals surface area contributed by atoms with E-state index >= 15 is 0 Å². The number of hydrogen-bond acceptors (Lipinski definition) is 3. The van der Waals surface area contributed by atoms with Gasteiger partial charge in [0.25, 0.3) is 0 Å². The molecule has 0 fully saturated rings. The lowest BCUT2D eigenvalue weighted by Crippen LogP contribution is -2.03. The van der Waals surface area contributed by atoms with E-state index in [0.717, 1.165) is 0 Å². The molecule has 0 spiro atoms. The molecule has 0 aliphatic heterocycles. The number of rotatable bonds is 4. The molecule has 1 rings (SSSR count). The molecule has 0 unspecified atom stereocenters. The zero-order valence-electron chi connectivity index (χ0n) is 7.73. The smallest absolute Gasteiger partial charge is 0.302 e. The predicted molar refractivity (Wildman–Crippen MR) is 51.6 cm³/mol. The minimum Gasteiger partial charge on any atom is -0.496 e. The van der Waals surface area contributed by atoms with E-state index in [1.807, 2.05) is 0 Å². The Hall–Kier alpha value is -1.10. The van der Waals surface area contributed by atoms with Crippen LogP contribution < -0.4 is 4.74 Å². The molecule has 0 atom stereocenters. The van der Waals surface area contributed by atoms with E-state index < -0.39 is 16.0 Å². The van der Waals surface area contributed by atoms with Crippen LogP contribution in [0.25, 0.3) is 0 Å². The van der Waals surface area contributed by atoms with Gasteiger partial charge in [0.1, 0.15) is 5.75 Å². The SMILES string of the molecule is COc1ccccc1CCS(=O)(=O)F. The lowest BCUT2D eigenvalue weighted by molar-refractivity contribution is 0.410. The molecule has 0 aliphatic carbocycles. The van der Waals surface area contributed by atoms with Crippen molar-refractivity contribution in [2.75, 3.05) is 12.9 Å². The molecular weight excluding hydrogens is 207 g/mol. The first-order valence-corrected chi connectivity index (χ1v) is 5.62. The maximum atomic E-state index is 12.2. The summed E-state index contributed by atoms with van der Waals surface area (Å²) in [5.74, 6) is 0.0732. The van der Waals surface area contributed by atoms with Crippen molar-refractivity contribution in [2.45, 2.75) is 6.42 Å². The topological polar surface area (TPSA) is 43.4 Å². The molecule has 3 nitrogen and oxygen atoms in total. The van der Waals surface area contributed by atoms with Gasteiger partial charge in [0.05, 0.1) is 12.9 Å².